The molecule has 6 nitrogen and oxygen atoms in total. The van der Waals surface area contributed by atoms with E-state index < -0.39 is 30.8 Å². The van der Waals surface area contributed by atoms with Gasteiger partial charge in [0.2, 0.25) is 0 Å². The number of rotatable bonds is 4. The second-order valence-electron chi connectivity index (χ2n) is 6.21. The van der Waals surface area contributed by atoms with Gasteiger partial charge in [0.1, 0.15) is 0 Å². The molecule has 10 heteroatoms. The zero-order chi connectivity index (χ0) is 19.8. The number of halogens is 2. The van der Waals surface area contributed by atoms with Gasteiger partial charge in [-0.05, 0) is 48.9 Å². The van der Waals surface area contributed by atoms with Crippen molar-refractivity contribution in [1.29, 1.82) is 0 Å². The third kappa shape index (κ3) is 4.63. The number of sulfone groups is 2. The molecule has 1 saturated heterocycles. The average molecular weight is 448 g/mol. The molecule has 1 atom stereocenters. The van der Waals surface area contributed by atoms with Gasteiger partial charge >= 0.3 is 0 Å². The van der Waals surface area contributed by atoms with Gasteiger partial charge in [0.25, 0.3) is 5.91 Å². The predicted molar refractivity (Wildman–Crippen MR) is 105 cm³/mol. The first-order chi connectivity index (χ1) is 12.6. The molecule has 1 aliphatic rings. The van der Waals surface area contributed by atoms with Crippen molar-refractivity contribution in [3.05, 3.63) is 58.1 Å². The van der Waals surface area contributed by atoms with Crippen LogP contribution in [0.2, 0.25) is 10.0 Å². The molecule has 0 unspecified atom stereocenters. The first-order valence-corrected chi connectivity index (χ1v) is 12.0. The first-order valence-electron chi connectivity index (χ1n) is 7.89. The molecule has 2 aromatic carbocycles. The van der Waals surface area contributed by atoms with E-state index in [0.717, 1.165) is 0 Å². The smallest absolute Gasteiger partial charge is 0.255 e. The molecule has 0 radical (unpaired) electrons. The SMILES string of the molecule is O=C(Nc1cc(Cl)cc(Cl)c1)c1ccc(S(=O)(=O)[C@@H]2CCS(=O)(=O)C2)cc1. The number of carbonyl (C=O) groups excluding carboxylic acids is 1. The molecule has 0 bridgehead atoms. The van der Waals surface area contributed by atoms with Crippen LogP contribution in [0.4, 0.5) is 5.69 Å². The van der Waals surface area contributed by atoms with E-state index in [0.29, 0.717) is 15.7 Å². The molecule has 1 amide bonds. The monoisotopic (exact) mass is 447 g/mol. The maximum absolute atomic E-state index is 12.6. The van der Waals surface area contributed by atoms with Crippen LogP contribution in [0.1, 0.15) is 16.8 Å². The van der Waals surface area contributed by atoms with Gasteiger partial charge in [-0.2, -0.15) is 0 Å². The van der Waals surface area contributed by atoms with E-state index in [1.165, 1.54) is 42.5 Å². The zero-order valence-corrected chi connectivity index (χ0v) is 17.0. The van der Waals surface area contributed by atoms with Gasteiger partial charge in [-0.1, -0.05) is 23.2 Å². The Morgan fingerprint density at radius 3 is 2.15 bits per heavy atom. The topological polar surface area (TPSA) is 97.4 Å². The van der Waals surface area contributed by atoms with Crippen molar-refractivity contribution < 1.29 is 21.6 Å². The van der Waals surface area contributed by atoms with E-state index in [1.807, 2.05) is 0 Å². The average Bonchev–Trinajstić information content (AvgIpc) is 2.95. The minimum atomic E-state index is -3.77. The Bertz CT molecular complexity index is 1080. The molecule has 0 aliphatic carbocycles. The standard InChI is InChI=1S/C17H15Cl2NO5S2/c18-12-7-13(19)9-14(8-12)20-17(21)11-1-3-15(4-2-11)27(24,25)16-5-6-26(22,23)10-16/h1-4,7-9,16H,5-6,10H2,(H,20,21)/t16-/m1/s1. The summed E-state index contributed by atoms with van der Waals surface area (Å²) >= 11 is 11.8. The summed E-state index contributed by atoms with van der Waals surface area (Å²) in [4.78, 5) is 12.3. The highest BCUT2D eigenvalue weighted by Gasteiger charge is 2.37. The van der Waals surface area contributed by atoms with E-state index in [9.17, 15) is 21.6 Å². The van der Waals surface area contributed by atoms with Crippen LogP contribution in [-0.2, 0) is 19.7 Å². The Morgan fingerprint density at radius 1 is 1.04 bits per heavy atom. The van der Waals surface area contributed by atoms with Gasteiger partial charge in [0.05, 0.1) is 21.7 Å². The van der Waals surface area contributed by atoms with E-state index in [4.69, 9.17) is 23.2 Å². The second kappa shape index (κ2) is 7.43. The normalized spacial score (nSPS) is 19.0. The molecule has 1 heterocycles. The van der Waals surface area contributed by atoms with E-state index in [2.05, 4.69) is 5.32 Å². The fraction of sp³-hybridized carbons (Fsp3) is 0.235. The second-order valence-corrected chi connectivity index (χ2v) is 11.5. The van der Waals surface area contributed by atoms with Crippen molar-refractivity contribution in [2.45, 2.75) is 16.6 Å². The summed E-state index contributed by atoms with van der Waals surface area (Å²) in [5, 5.41) is 2.41. The quantitative estimate of drug-likeness (QED) is 0.775. The Morgan fingerprint density at radius 2 is 1.63 bits per heavy atom. The number of nitrogens with one attached hydrogen (secondary N) is 1. The third-order valence-electron chi connectivity index (χ3n) is 4.19. The summed E-state index contributed by atoms with van der Waals surface area (Å²) < 4.78 is 48.2. The molecule has 2 aromatic rings. The molecule has 1 N–H and O–H groups in total. The third-order valence-corrected chi connectivity index (χ3v) is 8.82. The number of hydrogen-bond donors (Lipinski definition) is 1. The summed E-state index contributed by atoms with van der Waals surface area (Å²) in [6, 6.07) is 9.95. The molecule has 144 valence electrons. The van der Waals surface area contributed by atoms with E-state index >= 15 is 0 Å². The fourth-order valence-electron chi connectivity index (χ4n) is 2.82. The summed E-state index contributed by atoms with van der Waals surface area (Å²) in [5.41, 5.74) is 0.648. The molecule has 3 rings (SSSR count). The highest BCUT2D eigenvalue weighted by molar-refractivity contribution is 7.96. The molecular formula is C17H15Cl2NO5S2. The van der Waals surface area contributed by atoms with Crippen LogP contribution >= 0.6 is 23.2 Å². The Hall–Kier alpha value is -1.61. The number of carbonyl (C=O) groups is 1. The lowest BCUT2D eigenvalue weighted by molar-refractivity contribution is 0.102. The van der Waals surface area contributed by atoms with Gasteiger partial charge in [-0.3, -0.25) is 4.79 Å². The van der Waals surface area contributed by atoms with Gasteiger partial charge in [-0.25, -0.2) is 16.8 Å². The van der Waals surface area contributed by atoms with Crippen molar-refractivity contribution in [1.82, 2.24) is 0 Å². The minimum absolute atomic E-state index is 0.00745. The highest BCUT2D eigenvalue weighted by atomic mass is 35.5. The van der Waals surface area contributed by atoms with Crippen LogP contribution in [0.15, 0.2) is 47.4 Å². The minimum Gasteiger partial charge on any atom is -0.322 e. The maximum Gasteiger partial charge on any atom is 0.255 e. The van der Waals surface area contributed by atoms with Crippen LogP contribution in [0.5, 0.6) is 0 Å². The Labute approximate surface area is 167 Å². The van der Waals surface area contributed by atoms with Crippen molar-refractivity contribution in [3.63, 3.8) is 0 Å². The zero-order valence-electron chi connectivity index (χ0n) is 13.9. The van der Waals surface area contributed by atoms with Gasteiger partial charge < -0.3 is 5.32 Å². The summed E-state index contributed by atoms with van der Waals surface area (Å²) in [6.07, 6.45) is 0.0857. The lowest BCUT2D eigenvalue weighted by Gasteiger charge is -2.11. The maximum atomic E-state index is 12.6. The van der Waals surface area contributed by atoms with Gasteiger partial charge in [0, 0.05) is 21.3 Å². The van der Waals surface area contributed by atoms with Gasteiger partial charge in [0.15, 0.2) is 19.7 Å². The lowest BCUT2D eigenvalue weighted by Crippen LogP contribution is -2.22. The number of benzene rings is 2. The van der Waals surface area contributed by atoms with Crippen LogP contribution in [0.25, 0.3) is 0 Å². The van der Waals surface area contributed by atoms with Crippen LogP contribution < -0.4 is 5.32 Å². The molecule has 27 heavy (non-hydrogen) atoms. The number of anilines is 1. The number of amides is 1. The van der Waals surface area contributed by atoms with Crippen LogP contribution in [-0.4, -0.2) is 39.5 Å². The van der Waals surface area contributed by atoms with E-state index in [1.54, 1.807) is 0 Å². The Balaban J connectivity index is 1.77. The Kier molecular flexibility index (Phi) is 5.54. The van der Waals surface area contributed by atoms with Crippen molar-refractivity contribution in [2.24, 2.45) is 0 Å². The van der Waals surface area contributed by atoms with Crippen molar-refractivity contribution in [2.75, 3.05) is 16.8 Å². The molecular weight excluding hydrogens is 433 g/mol. The summed E-state index contributed by atoms with van der Waals surface area (Å²) in [5.74, 6) is -0.951. The van der Waals surface area contributed by atoms with Gasteiger partial charge in [-0.15, -0.1) is 0 Å². The summed E-state index contributed by atoms with van der Waals surface area (Å²) in [7, 11) is -7.08. The lowest BCUT2D eigenvalue weighted by atomic mass is 10.2. The highest BCUT2D eigenvalue weighted by Crippen LogP contribution is 2.26. The summed E-state index contributed by atoms with van der Waals surface area (Å²) in [6.45, 7) is 0. The largest absolute Gasteiger partial charge is 0.322 e. The fourth-order valence-corrected chi connectivity index (χ4v) is 7.71. The van der Waals surface area contributed by atoms with Crippen LogP contribution in [0.3, 0.4) is 0 Å². The number of hydrogen-bond acceptors (Lipinski definition) is 5. The molecule has 1 fully saturated rings. The van der Waals surface area contributed by atoms with Crippen molar-refractivity contribution in [3.8, 4) is 0 Å². The predicted octanol–water partition coefficient (Wildman–Crippen LogP) is 3.21. The van der Waals surface area contributed by atoms with Crippen molar-refractivity contribution >= 4 is 54.5 Å². The molecule has 0 saturated carbocycles. The molecule has 0 spiro atoms. The first kappa shape index (κ1) is 20.1. The molecule has 0 aromatic heterocycles. The van der Waals surface area contributed by atoms with E-state index in [-0.39, 0.29) is 28.4 Å². The molecule has 1 aliphatic heterocycles. The van der Waals surface area contributed by atoms with Crippen LogP contribution in [0, 0.1) is 0 Å².